The summed E-state index contributed by atoms with van der Waals surface area (Å²) in [4.78, 5) is 22.7. The normalized spacial score (nSPS) is 15.8. The molecule has 0 unspecified atom stereocenters. The standard InChI is InChI=1S/C17H26N6O2/c1-12(2)16-20-15(25-21-16)4-7-19-17(24)23-8-5-13(6-9-23)14-10-18-11-22(14)3/h10-13H,4-9H2,1-3H3,(H,19,24). The number of piperidine rings is 1. The molecular formula is C17H26N6O2. The van der Waals surface area contributed by atoms with Crippen LogP contribution in [0.15, 0.2) is 17.0 Å². The van der Waals surface area contributed by atoms with Crippen molar-refractivity contribution >= 4 is 6.03 Å². The Morgan fingerprint density at radius 3 is 2.76 bits per heavy atom. The average Bonchev–Trinajstić information content (AvgIpc) is 3.24. The van der Waals surface area contributed by atoms with Crippen molar-refractivity contribution in [2.24, 2.45) is 7.05 Å². The van der Waals surface area contributed by atoms with Gasteiger partial charge in [-0.05, 0) is 12.8 Å². The summed E-state index contributed by atoms with van der Waals surface area (Å²) in [6.45, 7) is 6.07. The number of carbonyl (C=O) groups is 1. The number of hydrogen-bond acceptors (Lipinski definition) is 5. The van der Waals surface area contributed by atoms with Crippen LogP contribution in [0.25, 0.3) is 0 Å². The number of carbonyl (C=O) groups excluding carboxylic acids is 1. The monoisotopic (exact) mass is 346 g/mol. The predicted octanol–water partition coefficient (Wildman–Crippen LogP) is 2.06. The molecule has 2 aromatic rings. The maximum Gasteiger partial charge on any atom is 0.317 e. The zero-order valence-corrected chi connectivity index (χ0v) is 15.1. The minimum Gasteiger partial charge on any atom is -0.339 e. The molecule has 2 aromatic heterocycles. The van der Waals surface area contributed by atoms with E-state index >= 15 is 0 Å². The second-order valence-electron chi connectivity index (χ2n) is 6.87. The molecule has 0 spiro atoms. The number of urea groups is 1. The predicted molar refractivity (Wildman–Crippen MR) is 92.2 cm³/mol. The van der Waals surface area contributed by atoms with Gasteiger partial charge in [-0.25, -0.2) is 9.78 Å². The smallest absolute Gasteiger partial charge is 0.317 e. The fraction of sp³-hybridized carbons (Fsp3) is 0.647. The lowest BCUT2D eigenvalue weighted by molar-refractivity contribution is 0.180. The summed E-state index contributed by atoms with van der Waals surface area (Å²) in [6.07, 6.45) is 6.24. The number of nitrogens with zero attached hydrogens (tertiary/aromatic N) is 5. The molecule has 1 saturated heterocycles. The molecule has 0 aliphatic carbocycles. The van der Waals surface area contributed by atoms with Gasteiger partial charge in [0.05, 0.1) is 6.33 Å². The highest BCUT2D eigenvalue weighted by atomic mass is 16.5. The Kier molecular flexibility index (Phi) is 5.35. The molecule has 1 N–H and O–H groups in total. The molecule has 2 amide bonds. The molecule has 8 heteroatoms. The highest BCUT2D eigenvalue weighted by Gasteiger charge is 2.25. The van der Waals surface area contributed by atoms with Crippen LogP contribution in [0.4, 0.5) is 4.79 Å². The third-order valence-electron chi connectivity index (χ3n) is 4.67. The molecule has 3 rings (SSSR count). The first-order valence-electron chi connectivity index (χ1n) is 8.86. The lowest BCUT2D eigenvalue weighted by atomic mass is 9.94. The lowest BCUT2D eigenvalue weighted by Crippen LogP contribution is -2.44. The van der Waals surface area contributed by atoms with Gasteiger partial charge in [0, 0.05) is 56.8 Å². The second kappa shape index (κ2) is 7.67. The molecule has 1 aliphatic heterocycles. The van der Waals surface area contributed by atoms with Crippen LogP contribution in [0, 0.1) is 0 Å². The largest absolute Gasteiger partial charge is 0.339 e. The number of aryl methyl sites for hydroxylation is 1. The highest BCUT2D eigenvalue weighted by molar-refractivity contribution is 5.74. The lowest BCUT2D eigenvalue weighted by Gasteiger charge is -2.32. The molecule has 3 heterocycles. The zero-order chi connectivity index (χ0) is 17.8. The molecule has 0 aromatic carbocycles. The molecule has 0 saturated carbocycles. The van der Waals surface area contributed by atoms with E-state index in [0.717, 1.165) is 25.9 Å². The number of hydrogen-bond donors (Lipinski definition) is 1. The second-order valence-corrected chi connectivity index (χ2v) is 6.87. The van der Waals surface area contributed by atoms with Gasteiger partial charge in [0.1, 0.15) is 0 Å². The van der Waals surface area contributed by atoms with Gasteiger partial charge in [0.25, 0.3) is 0 Å². The summed E-state index contributed by atoms with van der Waals surface area (Å²) >= 11 is 0. The van der Waals surface area contributed by atoms with Crippen LogP contribution in [0.2, 0.25) is 0 Å². The highest BCUT2D eigenvalue weighted by Crippen LogP contribution is 2.27. The summed E-state index contributed by atoms with van der Waals surface area (Å²) in [5.41, 5.74) is 1.25. The average molecular weight is 346 g/mol. The topological polar surface area (TPSA) is 89.1 Å². The summed E-state index contributed by atoms with van der Waals surface area (Å²) < 4.78 is 7.25. The third kappa shape index (κ3) is 4.18. The Hall–Kier alpha value is -2.38. The van der Waals surface area contributed by atoms with Crippen molar-refractivity contribution in [2.45, 2.75) is 44.9 Å². The Labute approximate surface area is 147 Å². The van der Waals surface area contributed by atoms with E-state index in [2.05, 4.69) is 25.0 Å². The molecule has 1 fully saturated rings. The van der Waals surface area contributed by atoms with Crippen molar-refractivity contribution in [1.82, 2.24) is 29.9 Å². The summed E-state index contributed by atoms with van der Waals surface area (Å²) in [6, 6.07) is -0.0212. The third-order valence-corrected chi connectivity index (χ3v) is 4.67. The van der Waals surface area contributed by atoms with Crippen molar-refractivity contribution in [3.8, 4) is 0 Å². The van der Waals surface area contributed by atoms with E-state index in [1.807, 2.05) is 38.3 Å². The first kappa shape index (κ1) is 17.4. The van der Waals surface area contributed by atoms with Crippen LogP contribution in [0.5, 0.6) is 0 Å². The van der Waals surface area contributed by atoms with Crippen LogP contribution in [0.3, 0.4) is 0 Å². The van der Waals surface area contributed by atoms with Gasteiger partial charge >= 0.3 is 6.03 Å². The van der Waals surface area contributed by atoms with Gasteiger partial charge < -0.3 is 19.3 Å². The number of amides is 2. The van der Waals surface area contributed by atoms with Gasteiger partial charge in [-0.1, -0.05) is 19.0 Å². The number of aromatic nitrogens is 4. The summed E-state index contributed by atoms with van der Waals surface area (Å²) in [5, 5.41) is 6.87. The van der Waals surface area contributed by atoms with E-state index in [9.17, 15) is 4.79 Å². The number of nitrogens with one attached hydrogen (secondary N) is 1. The summed E-state index contributed by atoms with van der Waals surface area (Å²) in [5.74, 6) is 2.00. The number of rotatable bonds is 5. The van der Waals surface area contributed by atoms with E-state index in [1.165, 1.54) is 5.69 Å². The van der Waals surface area contributed by atoms with Crippen molar-refractivity contribution in [1.29, 1.82) is 0 Å². The number of imidazole rings is 1. The van der Waals surface area contributed by atoms with Crippen LogP contribution >= 0.6 is 0 Å². The zero-order valence-electron chi connectivity index (χ0n) is 15.1. The number of likely N-dealkylation sites (tertiary alicyclic amines) is 1. The maximum absolute atomic E-state index is 12.3. The van der Waals surface area contributed by atoms with Gasteiger partial charge in [-0.2, -0.15) is 4.98 Å². The molecule has 0 bridgehead atoms. The SMILES string of the molecule is CC(C)c1noc(CCNC(=O)N2CCC(c3cncn3C)CC2)n1. The first-order valence-corrected chi connectivity index (χ1v) is 8.86. The quantitative estimate of drug-likeness (QED) is 0.895. The summed E-state index contributed by atoms with van der Waals surface area (Å²) in [7, 11) is 2.02. The van der Waals surface area contributed by atoms with Crippen LogP contribution in [0.1, 0.15) is 55.9 Å². The van der Waals surface area contributed by atoms with Gasteiger partial charge in [0.15, 0.2) is 5.82 Å². The molecule has 0 radical (unpaired) electrons. The molecular weight excluding hydrogens is 320 g/mol. The fourth-order valence-corrected chi connectivity index (χ4v) is 3.13. The Balaban J connectivity index is 1.41. The van der Waals surface area contributed by atoms with Gasteiger partial charge in [-0.3, -0.25) is 0 Å². The fourth-order valence-electron chi connectivity index (χ4n) is 3.13. The first-order chi connectivity index (χ1) is 12.0. The van der Waals surface area contributed by atoms with E-state index in [0.29, 0.717) is 30.6 Å². The van der Waals surface area contributed by atoms with E-state index in [-0.39, 0.29) is 11.9 Å². The minimum absolute atomic E-state index is 0.0212. The molecule has 1 aliphatic rings. The molecule has 8 nitrogen and oxygen atoms in total. The van der Waals surface area contributed by atoms with E-state index in [4.69, 9.17) is 4.52 Å². The van der Waals surface area contributed by atoms with Crippen molar-refractivity contribution in [3.63, 3.8) is 0 Å². The molecule has 136 valence electrons. The Morgan fingerprint density at radius 1 is 1.40 bits per heavy atom. The van der Waals surface area contributed by atoms with Crippen LogP contribution in [-0.4, -0.2) is 50.3 Å². The van der Waals surface area contributed by atoms with Crippen molar-refractivity contribution in [3.05, 3.63) is 29.9 Å². The Bertz CT molecular complexity index is 700. The van der Waals surface area contributed by atoms with E-state index < -0.39 is 0 Å². The van der Waals surface area contributed by atoms with Crippen LogP contribution in [-0.2, 0) is 13.5 Å². The van der Waals surface area contributed by atoms with Gasteiger partial charge in [0.2, 0.25) is 5.89 Å². The van der Waals surface area contributed by atoms with E-state index in [1.54, 1.807) is 0 Å². The molecule has 0 atom stereocenters. The van der Waals surface area contributed by atoms with Crippen molar-refractivity contribution in [2.75, 3.05) is 19.6 Å². The van der Waals surface area contributed by atoms with Crippen molar-refractivity contribution < 1.29 is 9.32 Å². The van der Waals surface area contributed by atoms with Crippen LogP contribution < -0.4 is 5.32 Å². The molecule has 25 heavy (non-hydrogen) atoms. The maximum atomic E-state index is 12.3. The Morgan fingerprint density at radius 2 is 2.16 bits per heavy atom. The van der Waals surface area contributed by atoms with Gasteiger partial charge in [-0.15, -0.1) is 0 Å². The minimum atomic E-state index is -0.0212.